The molecule has 0 unspecified atom stereocenters. The number of halogens is 1. The highest BCUT2D eigenvalue weighted by Crippen LogP contribution is 2.24. The van der Waals surface area contributed by atoms with E-state index < -0.39 is 5.97 Å². The number of carbonyl (C=O) groups is 1. The molecule has 6 heteroatoms. The molecule has 0 aliphatic rings. The van der Waals surface area contributed by atoms with Gasteiger partial charge >= 0.3 is 5.97 Å². The van der Waals surface area contributed by atoms with Gasteiger partial charge in [0.1, 0.15) is 5.01 Å². The number of thiazole rings is 1. The number of nitrogens with one attached hydrogen (secondary N) is 1. The first kappa shape index (κ1) is 13.8. The number of benzene rings is 1. The number of hydrogen-bond acceptors (Lipinski definition) is 4. The lowest BCUT2D eigenvalue weighted by molar-refractivity contribution is 0.0697. The molecule has 2 N–H and O–H groups in total. The lowest BCUT2D eigenvalue weighted by Gasteiger charge is -2.07. The van der Waals surface area contributed by atoms with Crippen LogP contribution in [0.3, 0.4) is 0 Å². The van der Waals surface area contributed by atoms with Gasteiger partial charge in [0, 0.05) is 11.1 Å². The molecule has 4 nitrogen and oxygen atoms in total. The summed E-state index contributed by atoms with van der Waals surface area (Å²) in [6, 6.07) is 4.63. The summed E-state index contributed by atoms with van der Waals surface area (Å²) in [6.07, 6.45) is 2.85. The molecule has 0 aliphatic heterocycles. The first-order chi connectivity index (χ1) is 9.10. The molecule has 0 saturated heterocycles. The van der Waals surface area contributed by atoms with E-state index in [4.69, 9.17) is 16.7 Å². The Bertz CT molecular complexity index is 598. The lowest BCUT2D eigenvalue weighted by Crippen LogP contribution is -2.01. The molecule has 0 aliphatic carbocycles. The number of aryl methyl sites for hydroxylation is 1. The summed E-state index contributed by atoms with van der Waals surface area (Å²) in [5, 5.41) is 13.4. The summed E-state index contributed by atoms with van der Waals surface area (Å²) in [5.41, 5.74) is 0.887. The topological polar surface area (TPSA) is 62.2 Å². The van der Waals surface area contributed by atoms with Gasteiger partial charge < -0.3 is 10.4 Å². The number of hydrogen-bond donors (Lipinski definition) is 2. The Labute approximate surface area is 120 Å². The van der Waals surface area contributed by atoms with Gasteiger partial charge in [-0.15, -0.1) is 11.3 Å². The Hall–Kier alpha value is -1.59. The summed E-state index contributed by atoms with van der Waals surface area (Å²) >= 11 is 7.68. The van der Waals surface area contributed by atoms with Crippen LogP contribution in [-0.4, -0.2) is 16.1 Å². The predicted octanol–water partition coefficient (Wildman–Crippen LogP) is 3.67. The molecule has 0 radical (unpaired) electrons. The molecule has 2 aromatic rings. The monoisotopic (exact) mass is 296 g/mol. The van der Waals surface area contributed by atoms with Crippen molar-refractivity contribution in [1.82, 2.24) is 4.98 Å². The first-order valence-electron chi connectivity index (χ1n) is 5.80. The average molecular weight is 297 g/mol. The van der Waals surface area contributed by atoms with Crippen molar-refractivity contribution in [2.24, 2.45) is 0 Å². The molecule has 19 heavy (non-hydrogen) atoms. The predicted molar refractivity (Wildman–Crippen MR) is 77.2 cm³/mol. The SMILES string of the molecule is CCc1cnc(CNc2ccc(C(=O)O)cc2Cl)s1. The summed E-state index contributed by atoms with van der Waals surface area (Å²) in [6.45, 7) is 2.67. The van der Waals surface area contributed by atoms with Crippen LogP contribution in [0.5, 0.6) is 0 Å². The van der Waals surface area contributed by atoms with Crippen molar-refractivity contribution < 1.29 is 9.90 Å². The number of rotatable bonds is 5. The second kappa shape index (κ2) is 6.04. The van der Waals surface area contributed by atoms with Crippen LogP contribution in [0, 0.1) is 0 Å². The highest BCUT2D eigenvalue weighted by Gasteiger charge is 2.07. The van der Waals surface area contributed by atoms with Crippen molar-refractivity contribution in [3.05, 3.63) is 44.9 Å². The molecular weight excluding hydrogens is 284 g/mol. The van der Waals surface area contributed by atoms with Crippen LogP contribution in [0.15, 0.2) is 24.4 Å². The van der Waals surface area contributed by atoms with Gasteiger partial charge in [0.15, 0.2) is 0 Å². The first-order valence-corrected chi connectivity index (χ1v) is 7.00. The van der Waals surface area contributed by atoms with Gasteiger partial charge in [0.05, 0.1) is 22.8 Å². The number of nitrogens with zero attached hydrogens (tertiary/aromatic N) is 1. The number of carboxylic acid groups (broad SMARTS) is 1. The van der Waals surface area contributed by atoms with E-state index >= 15 is 0 Å². The maximum atomic E-state index is 10.8. The summed E-state index contributed by atoms with van der Waals surface area (Å²) in [5.74, 6) is -0.985. The summed E-state index contributed by atoms with van der Waals surface area (Å²) in [7, 11) is 0. The second-order valence-electron chi connectivity index (χ2n) is 3.93. The fourth-order valence-electron chi connectivity index (χ4n) is 1.56. The molecule has 1 aromatic carbocycles. The van der Waals surface area contributed by atoms with Crippen LogP contribution in [0.4, 0.5) is 5.69 Å². The van der Waals surface area contributed by atoms with Crippen molar-refractivity contribution in [2.75, 3.05) is 5.32 Å². The summed E-state index contributed by atoms with van der Waals surface area (Å²) < 4.78 is 0. The van der Waals surface area contributed by atoms with Gasteiger partial charge in [0.25, 0.3) is 0 Å². The fraction of sp³-hybridized carbons (Fsp3) is 0.231. The third-order valence-corrected chi connectivity index (χ3v) is 4.05. The van der Waals surface area contributed by atoms with E-state index in [1.54, 1.807) is 17.4 Å². The fourth-order valence-corrected chi connectivity index (χ4v) is 2.61. The minimum Gasteiger partial charge on any atom is -0.478 e. The molecule has 1 heterocycles. The molecule has 2 rings (SSSR count). The van der Waals surface area contributed by atoms with Crippen molar-refractivity contribution in [3.8, 4) is 0 Å². The van der Waals surface area contributed by atoms with Crippen LogP contribution in [-0.2, 0) is 13.0 Å². The average Bonchev–Trinajstić information content (AvgIpc) is 2.85. The van der Waals surface area contributed by atoms with E-state index in [2.05, 4.69) is 17.2 Å². The molecule has 1 aromatic heterocycles. The Kier molecular flexibility index (Phi) is 4.39. The van der Waals surface area contributed by atoms with Crippen LogP contribution in [0.1, 0.15) is 27.2 Å². The molecule has 0 saturated carbocycles. The quantitative estimate of drug-likeness (QED) is 0.884. The van der Waals surface area contributed by atoms with Gasteiger partial charge in [-0.1, -0.05) is 18.5 Å². The Morgan fingerprint density at radius 3 is 2.89 bits per heavy atom. The van der Waals surface area contributed by atoms with E-state index in [1.165, 1.54) is 17.0 Å². The smallest absolute Gasteiger partial charge is 0.335 e. The normalized spacial score (nSPS) is 10.4. The highest BCUT2D eigenvalue weighted by molar-refractivity contribution is 7.11. The zero-order valence-electron chi connectivity index (χ0n) is 10.3. The van der Waals surface area contributed by atoms with Crippen LogP contribution < -0.4 is 5.32 Å². The van der Waals surface area contributed by atoms with Crippen LogP contribution in [0.25, 0.3) is 0 Å². The van der Waals surface area contributed by atoms with Gasteiger partial charge in [-0.25, -0.2) is 9.78 Å². The third-order valence-electron chi connectivity index (χ3n) is 2.60. The van der Waals surface area contributed by atoms with Gasteiger partial charge in [-0.2, -0.15) is 0 Å². The van der Waals surface area contributed by atoms with E-state index in [0.29, 0.717) is 17.3 Å². The van der Waals surface area contributed by atoms with Crippen molar-refractivity contribution in [1.29, 1.82) is 0 Å². The zero-order valence-corrected chi connectivity index (χ0v) is 11.9. The molecule has 0 amide bonds. The van der Waals surface area contributed by atoms with Crippen molar-refractivity contribution in [3.63, 3.8) is 0 Å². The Balaban J connectivity index is 2.05. The number of carboxylic acids is 1. The minimum atomic E-state index is -0.985. The van der Waals surface area contributed by atoms with Crippen LogP contribution in [0.2, 0.25) is 5.02 Å². The highest BCUT2D eigenvalue weighted by atomic mass is 35.5. The number of aromatic carboxylic acids is 1. The van der Waals surface area contributed by atoms with E-state index in [-0.39, 0.29) is 5.56 Å². The van der Waals surface area contributed by atoms with Crippen LogP contribution >= 0.6 is 22.9 Å². The minimum absolute atomic E-state index is 0.179. The largest absolute Gasteiger partial charge is 0.478 e. The maximum absolute atomic E-state index is 10.8. The number of aromatic nitrogens is 1. The molecule has 0 spiro atoms. The maximum Gasteiger partial charge on any atom is 0.335 e. The zero-order chi connectivity index (χ0) is 13.8. The Morgan fingerprint density at radius 1 is 1.53 bits per heavy atom. The third kappa shape index (κ3) is 3.45. The Morgan fingerprint density at radius 2 is 2.32 bits per heavy atom. The van der Waals surface area contributed by atoms with Gasteiger partial charge in [0.2, 0.25) is 0 Å². The molecule has 0 atom stereocenters. The van der Waals surface area contributed by atoms with Crippen molar-refractivity contribution >= 4 is 34.6 Å². The van der Waals surface area contributed by atoms with E-state index in [1.807, 2.05) is 6.20 Å². The molecule has 100 valence electrons. The van der Waals surface area contributed by atoms with Crippen molar-refractivity contribution in [2.45, 2.75) is 19.9 Å². The van der Waals surface area contributed by atoms with E-state index in [9.17, 15) is 4.79 Å². The van der Waals surface area contributed by atoms with Gasteiger partial charge in [-0.05, 0) is 24.6 Å². The lowest BCUT2D eigenvalue weighted by atomic mass is 10.2. The number of anilines is 1. The molecular formula is C13H13ClN2O2S. The molecule has 0 bridgehead atoms. The van der Waals surface area contributed by atoms with Gasteiger partial charge in [-0.3, -0.25) is 0 Å². The standard InChI is InChI=1S/C13H13ClN2O2S/c1-2-9-6-16-12(19-9)7-15-11-4-3-8(13(17)18)5-10(11)14/h3-6,15H,2,7H2,1H3,(H,17,18). The second-order valence-corrected chi connectivity index (χ2v) is 5.53. The summed E-state index contributed by atoms with van der Waals surface area (Å²) in [4.78, 5) is 16.3. The molecule has 0 fully saturated rings. The van der Waals surface area contributed by atoms with E-state index in [0.717, 1.165) is 11.4 Å².